The molecule has 0 aliphatic carbocycles. The average molecular weight is 324 g/mol. The first-order valence-corrected chi connectivity index (χ1v) is 5.40. The summed E-state index contributed by atoms with van der Waals surface area (Å²) in [6.45, 7) is 0. The topological polar surface area (TPSA) is 39.2 Å². The Morgan fingerprint density at radius 1 is 1.42 bits per heavy atom. The molecule has 1 heterocycles. The van der Waals surface area contributed by atoms with Crippen LogP contribution in [0.1, 0.15) is 28.2 Å². The van der Waals surface area contributed by atoms with Gasteiger partial charge in [-0.1, -0.05) is 0 Å². The van der Waals surface area contributed by atoms with E-state index in [0.29, 0.717) is 0 Å². The maximum Gasteiger partial charge on any atom is 0.573 e. The van der Waals surface area contributed by atoms with Gasteiger partial charge in [0.2, 0.25) is 0 Å². The molecule has 0 aliphatic heterocycles. The van der Waals surface area contributed by atoms with Crippen LogP contribution in [0.4, 0.5) is 22.0 Å². The number of carbonyl (C=O) groups is 1. The van der Waals surface area contributed by atoms with Crippen LogP contribution < -0.4 is 4.74 Å². The van der Waals surface area contributed by atoms with Crippen LogP contribution in [0.15, 0.2) is 6.07 Å². The molecular weight excluding hydrogens is 320 g/mol. The van der Waals surface area contributed by atoms with Gasteiger partial charge in [-0.05, 0) is 17.7 Å². The molecule has 1 aromatic rings. The molecule has 10 heteroatoms. The second-order valence-electron chi connectivity index (χ2n) is 3.13. The lowest BCUT2D eigenvalue weighted by molar-refractivity contribution is -0.275. The largest absolute Gasteiger partial charge is 0.573 e. The third kappa shape index (κ3) is 4.17. The Bertz CT molecular complexity index is 492. The Balaban J connectivity index is 3.49. The molecule has 3 nitrogen and oxygen atoms in total. The molecule has 0 bridgehead atoms. The molecule has 1 aromatic heterocycles. The summed E-state index contributed by atoms with van der Waals surface area (Å²) in [6, 6.07) is 0.759. The van der Waals surface area contributed by atoms with Gasteiger partial charge >= 0.3 is 6.36 Å². The lowest BCUT2D eigenvalue weighted by Gasteiger charge is -2.15. The van der Waals surface area contributed by atoms with Gasteiger partial charge in [0.15, 0.2) is 5.75 Å². The minimum Gasteiger partial charge on any atom is -0.403 e. The van der Waals surface area contributed by atoms with Crippen LogP contribution in [-0.4, -0.2) is 16.6 Å². The first kappa shape index (κ1) is 15.9. The van der Waals surface area contributed by atoms with E-state index in [1.165, 1.54) is 0 Å². The van der Waals surface area contributed by atoms with Crippen LogP contribution in [0, 0.1) is 0 Å². The molecule has 106 valence electrons. The van der Waals surface area contributed by atoms with Gasteiger partial charge in [0.1, 0.15) is 5.69 Å². The maximum atomic E-state index is 12.7. The predicted octanol–water partition coefficient (Wildman–Crippen LogP) is 4.04. The molecule has 0 spiro atoms. The van der Waals surface area contributed by atoms with E-state index in [2.05, 4.69) is 9.72 Å². The second-order valence-corrected chi connectivity index (χ2v) is 3.74. The van der Waals surface area contributed by atoms with Crippen molar-refractivity contribution in [1.29, 1.82) is 0 Å². The summed E-state index contributed by atoms with van der Waals surface area (Å²) < 4.78 is 65.1. The number of carbonyl (C=O) groups excluding carboxylic acids is 1. The van der Waals surface area contributed by atoms with Crippen molar-refractivity contribution in [3.8, 4) is 5.75 Å². The van der Waals surface area contributed by atoms with E-state index < -0.39 is 35.0 Å². The van der Waals surface area contributed by atoms with Crippen molar-refractivity contribution >= 4 is 28.4 Å². The summed E-state index contributed by atoms with van der Waals surface area (Å²) in [5.74, 6) is -1.81. The Labute approximate surface area is 113 Å². The van der Waals surface area contributed by atoms with Crippen molar-refractivity contribution in [1.82, 2.24) is 4.98 Å². The smallest absolute Gasteiger partial charge is 0.403 e. The first-order chi connectivity index (χ1) is 8.65. The molecule has 0 N–H and O–H groups in total. The van der Waals surface area contributed by atoms with Crippen LogP contribution in [0.5, 0.6) is 5.75 Å². The number of halogens is 7. The second kappa shape index (κ2) is 5.87. The van der Waals surface area contributed by atoms with Crippen molar-refractivity contribution in [2.75, 3.05) is 0 Å². The number of rotatable bonds is 4. The molecule has 0 atom stereocenters. The monoisotopic (exact) mass is 323 g/mol. The number of hydrogen-bond acceptors (Lipinski definition) is 3. The van der Waals surface area contributed by atoms with Crippen LogP contribution in [0.3, 0.4) is 0 Å². The highest BCUT2D eigenvalue weighted by molar-refractivity contribution is 6.68. The van der Waals surface area contributed by atoms with Crippen molar-refractivity contribution in [2.24, 2.45) is 0 Å². The number of pyridine rings is 1. The SMILES string of the molecule is O=C(Cl)c1cc(CCl)nc(C(F)F)c1OC(F)(F)F. The summed E-state index contributed by atoms with van der Waals surface area (Å²) in [5, 5.41) is -1.39. The van der Waals surface area contributed by atoms with E-state index in [9.17, 15) is 26.7 Å². The Morgan fingerprint density at radius 2 is 2.00 bits per heavy atom. The molecule has 0 radical (unpaired) electrons. The number of ether oxygens (including phenoxy) is 1. The highest BCUT2D eigenvalue weighted by Crippen LogP contribution is 2.36. The van der Waals surface area contributed by atoms with Gasteiger partial charge in [0, 0.05) is 0 Å². The summed E-state index contributed by atoms with van der Waals surface area (Å²) in [6.07, 6.45) is -8.66. The van der Waals surface area contributed by atoms with Gasteiger partial charge in [0.25, 0.3) is 11.7 Å². The number of alkyl halides is 6. The summed E-state index contributed by atoms with van der Waals surface area (Å²) in [5.41, 5.74) is -2.45. The highest BCUT2D eigenvalue weighted by Gasteiger charge is 2.36. The van der Waals surface area contributed by atoms with E-state index >= 15 is 0 Å². The zero-order valence-electron chi connectivity index (χ0n) is 8.77. The molecule has 0 saturated heterocycles. The first-order valence-electron chi connectivity index (χ1n) is 4.49. The minimum absolute atomic E-state index is 0.226. The predicted molar refractivity (Wildman–Crippen MR) is 55.6 cm³/mol. The van der Waals surface area contributed by atoms with E-state index in [1.807, 2.05) is 0 Å². The van der Waals surface area contributed by atoms with Gasteiger partial charge < -0.3 is 4.74 Å². The van der Waals surface area contributed by atoms with E-state index in [1.54, 1.807) is 0 Å². The Morgan fingerprint density at radius 3 is 2.37 bits per heavy atom. The molecule has 0 saturated carbocycles. The minimum atomic E-state index is -5.27. The summed E-state index contributed by atoms with van der Waals surface area (Å²) >= 11 is 10.4. The molecule has 0 amide bonds. The van der Waals surface area contributed by atoms with Gasteiger partial charge in [-0.25, -0.2) is 13.8 Å². The molecule has 0 aliphatic rings. The standard InChI is InChI=1S/C9H4Cl2F5NO2/c10-2-3-1-4(7(11)18)6(19-9(14,15)16)5(17-3)8(12)13/h1,8H,2H2. The molecule has 1 rings (SSSR count). The van der Waals surface area contributed by atoms with Gasteiger partial charge in [0.05, 0.1) is 17.1 Å². The lowest BCUT2D eigenvalue weighted by Crippen LogP contribution is -2.21. The quantitative estimate of drug-likeness (QED) is 0.477. The molecule has 0 unspecified atom stereocenters. The maximum absolute atomic E-state index is 12.7. The summed E-state index contributed by atoms with van der Waals surface area (Å²) in [4.78, 5) is 14.2. The zero-order chi connectivity index (χ0) is 14.8. The van der Waals surface area contributed by atoms with Crippen molar-refractivity contribution < 1.29 is 31.5 Å². The molecule has 0 aromatic carbocycles. The summed E-state index contributed by atoms with van der Waals surface area (Å²) in [7, 11) is 0. The van der Waals surface area contributed by atoms with Gasteiger partial charge in [-0.15, -0.1) is 24.8 Å². The normalized spacial score (nSPS) is 11.8. The third-order valence-corrected chi connectivity index (χ3v) is 2.30. The fourth-order valence-corrected chi connectivity index (χ4v) is 1.47. The van der Waals surface area contributed by atoms with Crippen LogP contribution in [0.2, 0.25) is 0 Å². The van der Waals surface area contributed by atoms with Crippen LogP contribution >= 0.6 is 23.2 Å². The fraction of sp³-hybridized carbons (Fsp3) is 0.333. The average Bonchev–Trinajstić information content (AvgIpc) is 2.26. The third-order valence-electron chi connectivity index (χ3n) is 1.83. The number of hydrogen-bond donors (Lipinski definition) is 0. The number of nitrogens with zero attached hydrogens (tertiary/aromatic N) is 1. The Kier molecular flexibility index (Phi) is 4.92. The zero-order valence-corrected chi connectivity index (χ0v) is 10.3. The van der Waals surface area contributed by atoms with Gasteiger partial charge in [-0.2, -0.15) is 0 Å². The van der Waals surface area contributed by atoms with Crippen molar-refractivity contribution in [2.45, 2.75) is 18.7 Å². The molecule has 0 fully saturated rings. The number of aromatic nitrogens is 1. The van der Waals surface area contributed by atoms with Crippen molar-refractivity contribution in [3.63, 3.8) is 0 Å². The molecular formula is C9H4Cl2F5NO2. The van der Waals surface area contributed by atoms with Crippen molar-refractivity contribution in [3.05, 3.63) is 23.0 Å². The van der Waals surface area contributed by atoms with E-state index in [-0.39, 0.29) is 11.6 Å². The van der Waals surface area contributed by atoms with Crippen LogP contribution in [0.25, 0.3) is 0 Å². The van der Waals surface area contributed by atoms with Gasteiger partial charge in [-0.3, -0.25) is 4.79 Å². The molecule has 19 heavy (non-hydrogen) atoms. The van der Waals surface area contributed by atoms with E-state index in [4.69, 9.17) is 23.2 Å². The Hall–Kier alpha value is -1.15. The van der Waals surface area contributed by atoms with E-state index in [0.717, 1.165) is 6.07 Å². The highest BCUT2D eigenvalue weighted by atomic mass is 35.5. The lowest BCUT2D eigenvalue weighted by atomic mass is 10.2. The fourth-order valence-electron chi connectivity index (χ4n) is 1.19. The van der Waals surface area contributed by atoms with Crippen LogP contribution in [-0.2, 0) is 5.88 Å².